The third-order valence-electron chi connectivity index (χ3n) is 4.57. The molecule has 0 radical (unpaired) electrons. The molecule has 1 aromatic heterocycles. The molecular weight excluding hydrogens is 368 g/mol. The van der Waals surface area contributed by atoms with Gasteiger partial charge in [-0.15, -0.1) is 6.58 Å². The molecule has 1 fully saturated rings. The van der Waals surface area contributed by atoms with Crippen molar-refractivity contribution in [3.05, 3.63) is 77.1 Å². The maximum Gasteiger partial charge on any atom is 0.269 e. The predicted molar refractivity (Wildman–Crippen MR) is 103 cm³/mol. The molecule has 2 aromatic rings. The lowest BCUT2D eigenvalue weighted by Crippen LogP contribution is -2.49. The van der Waals surface area contributed by atoms with E-state index in [1.54, 1.807) is 30.5 Å². The van der Waals surface area contributed by atoms with Gasteiger partial charge in [-0.05, 0) is 23.8 Å². The van der Waals surface area contributed by atoms with Gasteiger partial charge in [0, 0.05) is 56.4 Å². The number of hydrogen-bond acceptors (Lipinski definition) is 6. The van der Waals surface area contributed by atoms with E-state index in [2.05, 4.69) is 11.6 Å². The van der Waals surface area contributed by atoms with Gasteiger partial charge in [0.25, 0.3) is 5.69 Å². The van der Waals surface area contributed by atoms with Crippen molar-refractivity contribution in [3.63, 3.8) is 0 Å². The SMILES string of the molecule is C=CC(c1cccnc1)S(=O)(=O)N1CCN(c2ccc([N+](=O)[O-])cc2)CC1. The molecule has 8 nitrogen and oxygen atoms in total. The number of anilines is 1. The van der Waals surface area contributed by atoms with Gasteiger partial charge in [0.05, 0.1) is 4.92 Å². The smallest absolute Gasteiger partial charge is 0.269 e. The van der Waals surface area contributed by atoms with Crippen molar-refractivity contribution in [1.82, 2.24) is 9.29 Å². The highest BCUT2D eigenvalue weighted by Gasteiger charge is 2.33. The molecule has 2 heterocycles. The van der Waals surface area contributed by atoms with E-state index < -0.39 is 20.2 Å². The average Bonchev–Trinajstić information content (AvgIpc) is 2.69. The molecule has 0 aliphatic carbocycles. The van der Waals surface area contributed by atoms with E-state index in [4.69, 9.17) is 0 Å². The van der Waals surface area contributed by atoms with E-state index >= 15 is 0 Å². The number of rotatable bonds is 6. The summed E-state index contributed by atoms with van der Waals surface area (Å²) in [6.07, 6.45) is 4.56. The molecule has 0 bridgehead atoms. The highest BCUT2D eigenvalue weighted by atomic mass is 32.2. The first kappa shape index (κ1) is 19.0. The van der Waals surface area contributed by atoms with Crippen LogP contribution >= 0.6 is 0 Å². The lowest BCUT2D eigenvalue weighted by Gasteiger charge is -2.36. The van der Waals surface area contributed by atoms with Gasteiger partial charge >= 0.3 is 0 Å². The zero-order chi connectivity index (χ0) is 19.4. The highest BCUT2D eigenvalue weighted by molar-refractivity contribution is 7.89. The highest BCUT2D eigenvalue weighted by Crippen LogP contribution is 2.28. The van der Waals surface area contributed by atoms with Crippen molar-refractivity contribution >= 4 is 21.4 Å². The number of nitrogens with zero attached hydrogens (tertiary/aromatic N) is 4. The number of aromatic nitrogens is 1. The number of nitro benzene ring substituents is 1. The van der Waals surface area contributed by atoms with Crippen LogP contribution in [0.15, 0.2) is 61.4 Å². The second-order valence-corrected chi connectivity index (χ2v) is 8.20. The molecule has 3 rings (SSSR count). The molecule has 1 aliphatic rings. The monoisotopic (exact) mass is 388 g/mol. The van der Waals surface area contributed by atoms with Gasteiger partial charge in [-0.2, -0.15) is 4.31 Å². The molecule has 0 N–H and O–H groups in total. The van der Waals surface area contributed by atoms with Crippen molar-refractivity contribution < 1.29 is 13.3 Å². The summed E-state index contributed by atoms with van der Waals surface area (Å²) in [5.41, 5.74) is 1.46. The molecule has 1 saturated heterocycles. The fourth-order valence-electron chi connectivity index (χ4n) is 3.12. The summed E-state index contributed by atoms with van der Waals surface area (Å²) < 4.78 is 27.5. The minimum atomic E-state index is -3.59. The lowest BCUT2D eigenvalue weighted by molar-refractivity contribution is -0.384. The van der Waals surface area contributed by atoms with Crippen molar-refractivity contribution in [2.45, 2.75) is 5.25 Å². The van der Waals surface area contributed by atoms with Crippen LogP contribution in [0.3, 0.4) is 0 Å². The summed E-state index contributed by atoms with van der Waals surface area (Å²) in [4.78, 5) is 16.3. The van der Waals surface area contributed by atoms with Gasteiger partial charge < -0.3 is 4.90 Å². The van der Waals surface area contributed by atoms with E-state index in [1.807, 2.05) is 4.90 Å². The minimum Gasteiger partial charge on any atom is -0.369 e. The van der Waals surface area contributed by atoms with Crippen LogP contribution < -0.4 is 4.90 Å². The van der Waals surface area contributed by atoms with E-state index in [0.717, 1.165) is 5.69 Å². The Morgan fingerprint density at radius 2 is 1.81 bits per heavy atom. The normalized spacial score (nSPS) is 16.7. The number of non-ortho nitro benzene ring substituents is 1. The summed E-state index contributed by atoms with van der Waals surface area (Å²) in [6.45, 7) is 5.37. The molecule has 1 atom stereocenters. The number of hydrogen-bond donors (Lipinski definition) is 0. The van der Waals surface area contributed by atoms with Gasteiger partial charge in [0.1, 0.15) is 5.25 Å². The van der Waals surface area contributed by atoms with Crippen molar-refractivity contribution in [2.24, 2.45) is 0 Å². The van der Waals surface area contributed by atoms with Crippen LogP contribution in [0.1, 0.15) is 10.8 Å². The first-order valence-corrected chi connectivity index (χ1v) is 9.94. The van der Waals surface area contributed by atoms with Crippen molar-refractivity contribution in [1.29, 1.82) is 0 Å². The Labute approximate surface area is 158 Å². The van der Waals surface area contributed by atoms with Crippen LogP contribution in [0.5, 0.6) is 0 Å². The topological polar surface area (TPSA) is 96.7 Å². The summed E-state index contributed by atoms with van der Waals surface area (Å²) >= 11 is 0. The molecule has 0 spiro atoms. The van der Waals surface area contributed by atoms with Gasteiger partial charge in [-0.3, -0.25) is 15.1 Å². The first-order chi connectivity index (χ1) is 12.9. The van der Waals surface area contributed by atoms with Crippen LogP contribution in [-0.2, 0) is 10.0 Å². The van der Waals surface area contributed by atoms with Gasteiger partial charge in [0.2, 0.25) is 10.0 Å². The van der Waals surface area contributed by atoms with E-state index in [1.165, 1.54) is 28.7 Å². The zero-order valence-corrected chi connectivity index (χ0v) is 15.5. The van der Waals surface area contributed by atoms with Gasteiger partial charge in [0.15, 0.2) is 0 Å². The molecule has 9 heteroatoms. The summed E-state index contributed by atoms with van der Waals surface area (Å²) in [7, 11) is -3.59. The minimum absolute atomic E-state index is 0.0326. The Balaban J connectivity index is 1.70. The van der Waals surface area contributed by atoms with Crippen LogP contribution in [0.2, 0.25) is 0 Å². The Morgan fingerprint density at radius 1 is 1.15 bits per heavy atom. The second kappa shape index (κ2) is 7.85. The van der Waals surface area contributed by atoms with Gasteiger partial charge in [-0.1, -0.05) is 12.1 Å². The molecule has 1 aromatic carbocycles. The number of benzene rings is 1. The lowest BCUT2D eigenvalue weighted by atomic mass is 10.2. The third-order valence-corrected chi connectivity index (χ3v) is 6.76. The summed E-state index contributed by atoms with van der Waals surface area (Å²) in [6, 6.07) is 9.70. The molecule has 142 valence electrons. The largest absolute Gasteiger partial charge is 0.369 e. The Hall–Kier alpha value is -2.78. The fraction of sp³-hybridized carbons (Fsp3) is 0.278. The Bertz CT molecular complexity index is 908. The van der Waals surface area contributed by atoms with E-state index in [0.29, 0.717) is 31.7 Å². The standard InChI is InChI=1S/C18H20N4O4S/c1-2-18(15-4-3-9-19-14-15)27(25,26)21-12-10-20(11-13-21)16-5-7-17(8-6-16)22(23)24/h2-9,14,18H,1,10-13H2. The van der Waals surface area contributed by atoms with Crippen LogP contribution in [-0.4, -0.2) is 48.8 Å². The Kier molecular flexibility index (Phi) is 5.52. The summed E-state index contributed by atoms with van der Waals surface area (Å²) in [5.74, 6) is 0. The van der Waals surface area contributed by atoms with E-state index in [9.17, 15) is 18.5 Å². The third kappa shape index (κ3) is 3.99. The quantitative estimate of drug-likeness (QED) is 0.428. The first-order valence-electron chi connectivity index (χ1n) is 8.44. The number of nitro groups is 1. The molecule has 0 saturated carbocycles. The number of pyridine rings is 1. The average molecular weight is 388 g/mol. The van der Waals surface area contributed by atoms with Crippen LogP contribution in [0, 0.1) is 10.1 Å². The number of piperazine rings is 1. The second-order valence-electron chi connectivity index (χ2n) is 6.15. The molecular formula is C18H20N4O4S. The molecule has 1 unspecified atom stereocenters. The van der Waals surface area contributed by atoms with Crippen molar-refractivity contribution in [2.75, 3.05) is 31.1 Å². The maximum atomic E-state index is 13.0. The fourth-order valence-corrected chi connectivity index (χ4v) is 4.84. The van der Waals surface area contributed by atoms with Crippen LogP contribution in [0.4, 0.5) is 11.4 Å². The number of sulfonamides is 1. The molecule has 27 heavy (non-hydrogen) atoms. The van der Waals surface area contributed by atoms with Crippen molar-refractivity contribution in [3.8, 4) is 0 Å². The molecule has 0 amide bonds. The zero-order valence-electron chi connectivity index (χ0n) is 14.6. The van der Waals surface area contributed by atoms with Crippen LogP contribution in [0.25, 0.3) is 0 Å². The Morgan fingerprint density at radius 3 is 2.33 bits per heavy atom. The van der Waals surface area contributed by atoms with E-state index in [-0.39, 0.29) is 5.69 Å². The van der Waals surface area contributed by atoms with Gasteiger partial charge in [-0.25, -0.2) is 8.42 Å². The molecule has 1 aliphatic heterocycles. The summed E-state index contributed by atoms with van der Waals surface area (Å²) in [5, 5.41) is 9.92. The maximum absolute atomic E-state index is 13.0. The predicted octanol–water partition coefficient (Wildman–Crippen LogP) is 2.37.